The summed E-state index contributed by atoms with van der Waals surface area (Å²) in [6.07, 6.45) is 0. The van der Waals surface area contributed by atoms with Gasteiger partial charge in [0.2, 0.25) is 0 Å². The zero-order chi connectivity index (χ0) is 19.0. The van der Waals surface area contributed by atoms with Crippen molar-refractivity contribution in [3.05, 3.63) is 47.5 Å². The topological polar surface area (TPSA) is 94.5 Å². The van der Waals surface area contributed by atoms with Gasteiger partial charge < -0.3 is 19.5 Å². The molecule has 0 spiro atoms. The molecular formula is C18H18FN5O3. The lowest BCUT2D eigenvalue weighted by molar-refractivity contribution is 0.0635. The lowest BCUT2D eigenvalue weighted by atomic mass is 10.2. The fourth-order valence-electron chi connectivity index (χ4n) is 2.95. The maximum absolute atomic E-state index is 13.0. The maximum Gasteiger partial charge on any atom is 0.289 e. The molecule has 4 rings (SSSR count). The van der Waals surface area contributed by atoms with Crippen molar-refractivity contribution < 1.29 is 18.4 Å². The molecule has 1 aromatic carbocycles. The first kappa shape index (κ1) is 17.2. The molecular weight excluding hydrogens is 353 g/mol. The van der Waals surface area contributed by atoms with Crippen LogP contribution in [0.1, 0.15) is 20.9 Å². The average Bonchev–Trinajstić information content (AvgIpc) is 3.24. The minimum atomic E-state index is -0.452. The smallest absolute Gasteiger partial charge is 0.289 e. The van der Waals surface area contributed by atoms with E-state index in [9.17, 15) is 14.0 Å². The molecule has 140 valence electrons. The number of likely N-dealkylation sites (N-methyl/N-ethyl adjacent to an activating group) is 1. The van der Waals surface area contributed by atoms with Gasteiger partial charge in [-0.3, -0.25) is 14.7 Å². The van der Waals surface area contributed by atoms with E-state index in [2.05, 4.69) is 20.4 Å². The predicted molar refractivity (Wildman–Crippen MR) is 96.1 cm³/mol. The van der Waals surface area contributed by atoms with Crippen LogP contribution in [0, 0.1) is 5.82 Å². The third-order valence-electron chi connectivity index (χ3n) is 4.57. The zero-order valence-corrected chi connectivity index (χ0v) is 14.7. The van der Waals surface area contributed by atoms with E-state index in [0.29, 0.717) is 24.2 Å². The van der Waals surface area contributed by atoms with Crippen molar-refractivity contribution in [1.29, 1.82) is 0 Å². The van der Waals surface area contributed by atoms with Crippen LogP contribution in [-0.2, 0) is 0 Å². The highest BCUT2D eigenvalue weighted by molar-refractivity contribution is 6.07. The molecule has 1 aliphatic heterocycles. The first-order valence-corrected chi connectivity index (χ1v) is 8.54. The van der Waals surface area contributed by atoms with Gasteiger partial charge in [-0.15, -0.1) is 0 Å². The number of carbonyl (C=O) groups excluding carboxylic acids is 2. The minimum absolute atomic E-state index is 0.178. The fourth-order valence-corrected chi connectivity index (χ4v) is 2.95. The molecule has 0 unspecified atom stereocenters. The summed E-state index contributed by atoms with van der Waals surface area (Å²) in [6.45, 7) is 2.89. The average molecular weight is 371 g/mol. The highest BCUT2D eigenvalue weighted by Gasteiger charge is 2.25. The van der Waals surface area contributed by atoms with E-state index in [-0.39, 0.29) is 23.0 Å². The van der Waals surface area contributed by atoms with Crippen LogP contribution in [-0.4, -0.2) is 65.0 Å². The summed E-state index contributed by atoms with van der Waals surface area (Å²) in [5.74, 6) is -0.695. The number of hydrogen-bond donors (Lipinski definition) is 2. The van der Waals surface area contributed by atoms with Crippen LogP contribution in [0.3, 0.4) is 0 Å². The molecule has 0 bridgehead atoms. The van der Waals surface area contributed by atoms with E-state index < -0.39 is 11.7 Å². The molecule has 2 amide bonds. The van der Waals surface area contributed by atoms with E-state index in [1.807, 2.05) is 7.05 Å². The molecule has 2 aromatic heterocycles. The van der Waals surface area contributed by atoms with Crippen molar-refractivity contribution in [1.82, 2.24) is 20.0 Å². The third-order valence-corrected chi connectivity index (χ3v) is 4.57. The molecule has 0 radical (unpaired) electrons. The van der Waals surface area contributed by atoms with E-state index in [0.717, 1.165) is 13.1 Å². The Labute approximate surface area is 153 Å². The standard InChI is InChI=1S/C18H18FN5O3/c1-23-6-8-24(9-7-23)18(26)14-10-13-15(27-14)16(22-21-13)20-17(25)11-2-4-12(19)5-3-11/h2-5,10H,6-9H2,1H3,(H2,20,21,22,25). The molecule has 1 aliphatic rings. The Bertz CT molecular complexity index is 986. The van der Waals surface area contributed by atoms with Crippen LogP contribution < -0.4 is 5.32 Å². The molecule has 0 aliphatic carbocycles. The summed E-state index contributed by atoms with van der Waals surface area (Å²) in [4.78, 5) is 28.8. The second kappa shape index (κ2) is 6.84. The predicted octanol–water partition coefficient (Wildman–Crippen LogP) is 1.93. The number of carbonyl (C=O) groups is 2. The highest BCUT2D eigenvalue weighted by Crippen LogP contribution is 2.25. The number of anilines is 1. The number of aromatic amines is 1. The number of piperazine rings is 1. The van der Waals surface area contributed by atoms with Crippen molar-refractivity contribution in [3.8, 4) is 0 Å². The summed E-state index contributed by atoms with van der Waals surface area (Å²) < 4.78 is 18.7. The van der Waals surface area contributed by atoms with Gasteiger partial charge in [-0.25, -0.2) is 4.39 Å². The van der Waals surface area contributed by atoms with Crippen LogP contribution in [0.5, 0.6) is 0 Å². The molecule has 1 fully saturated rings. The Morgan fingerprint density at radius 1 is 1.19 bits per heavy atom. The van der Waals surface area contributed by atoms with Gasteiger partial charge in [0.15, 0.2) is 17.2 Å². The van der Waals surface area contributed by atoms with Crippen LogP contribution >= 0.6 is 0 Å². The summed E-state index contributed by atoms with van der Waals surface area (Å²) >= 11 is 0. The molecule has 0 saturated carbocycles. The quantitative estimate of drug-likeness (QED) is 0.734. The van der Waals surface area contributed by atoms with E-state index >= 15 is 0 Å². The summed E-state index contributed by atoms with van der Waals surface area (Å²) in [5, 5.41) is 9.36. The Hall–Kier alpha value is -3.20. The number of furan rings is 1. The monoisotopic (exact) mass is 371 g/mol. The summed E-state index contributed by atoms with van der Waals surface area (Å²) in [7, 11) is 2.01. The molecule has 3 aromatic rings. The molecule has 2 N–H and O–H groups in total. The number of rotatable bonds is 3. The molecule has 27 heavy (non-hydrogen) atoms. The Morgan fingerprint density at radius 3 is 2.59 bits per heavy atom. The number of nitrogens with one attached hydrogen (secondary N) is 2. The number of aromatic nitrogens is 2. The minimum Gasteiger partial charge on any atom is -0.445 e. The van der Waals surface area contributed by atoms with Gasteiger partial charge in [0.25, 0.3) is 11.8 Å². The first-order valence-electron chi connectivity index (χ1n) is 8.54. The number of fused-ring (bicyclic) bond motifs is 1. The number of H-pyrrole nitrogens is 1. The highest BCUT2D eigenvalue weighted by atomic mass is 19.1. The number of benzene rings is 1. The Morgan fingerprint density at radius 2 is 1.89 bits per heavy atom. The molecule has 3 heterocycles. The van der Waals surface area contributed by atoms with Crippen molar-refractivity contribution in [2.75, 3.05) is 38.5 Å². The largest absolute Gasteiger partial charge is 0.445 e. The maximum atomic E-state index is 13.0. The zero-order valence-electron chi connectivity index (χ0n) is 14.7. The van der Waals surface area contributed by atoms with Gasteiger partial charge in [-0.05, 0) is 31.3 Å². The lowest BCUT2D eigenvalue weighted by Gasteiger charge is -2.31. The van der Waals surface area contributed by atoms with Crippen LogP contribution in [0.15, 0.2) is 34.7 Å². The summed E-state index contributed by atoms with van der Waals surface area (Å²) in [5.41, 5.74) is 1.10. The molecule has 0 atom stereocenters. The number of hydrogen-bond acceptors (Lipinski definition) is 5. The van der Waals surface area contributed by atoms with Crippen LogP contribution in [0.25, 0.3) is 11.1 Å². The number of amides is 2. The first-order chi connectivity index (χ1) is 13.0. The van der Waals surface area contributed by atoms with Gasteiger partial charge in [0.05, 0.1) is 0 Å². The van der Waals surface area contributed by atoms with E-state index in [1.165, 1.54) is 24.3 Å². The van der Waals surface area contributed by atoms with Gasteiger partial charge in [-0.2, -0.15) is 5.10 Å². The Kier molecular flexibility index (Phi) is 4.36. The normalized spacial score (nSPS) is 15.3. The van der Waals surface area contributed by atoms with Gasteiger partial charge in [-0.1, -0.05) is 0 Å². The van der Waals surface area contributed by atoms with Crippen molar-refractivity contribution >= 4 is 28.7 Å². The van der Waals surface area contributed by atoms with Crippen LogP contribution in [0.2, 0.25) is 0 Å². The molecule has 8 nitrogen and oxygen atoms in total. The molecule has 9 heteroatoms. The third kappa shape index (κ3) is 3.41. The van der Waals surface area contributed by atoms with Crippen molar-refractivity contribution in [2.24, 2.45) is 0 Å². The second-order valence-electron chi connectivity index (χ2n) is 6.48. The van der Waals surface area contributed by atoms with Gasteiger partial charge in [0, 0.05) is 37.8 Å². The van der Waals surface area contributed by atoms with Gasteiger partial charge >= 0.3 is 0 Å². The fraction of sp³-hybridized carbons (Fsp3) is 0.278. The summed E-state index contributed by atoms with van der Waals surface area (Å²) in [6, 6.07) is 6.73. The number of halogens is 1. The molecule has 1 saturated heterocycles. The Balaban J connectivity index is 1.52. The van der Waals surface area contributed by atoms with Gasteiger partial charge in [0.1, 0.15) is 11.3 Å². The second-order valence-corrected chi connectivity index (χ2v) is 6.48. The van der Waals surface area contributed by atoms with E-state index in [1.54, 1.807) is 11.0 Å². The number of nitrogens with zero attached hydrogens (tertiary/aromatic N) is 3. The van der Waals surface area contributed by atoms with Crippen molar-refractivity contribution in [2.45, 2.75) is 0 Å². The van der Waals surface area contributed by atoms with Crippen molar-refractivity contribution in [3.63, 3.8) is 0 Å². The lowest BCUT2D eigenvalue weighted by Crippen LogP contribution is -2.47. The van der Waals surface area contributed by atoms with Crippen LogP contribution in [0.4, 0.5) is 10.2 Å². The van der Waals surface area contributed by atoms with E-state index in [4.69, 9.17) is 4.42 Å². The SMILES string of the molecule is CN1CCN(C(=O)c2cc3[nH]nc(NC(=O)c4ccc(F)cc4)c3o2)CC1.